The summed E-state index contributed by atoms with van der Waals surface area (Å²) in [6.07, 6.45) is 1.59. The zero-order chi connectivity index (χ0) is 25.9. The van der Waals surface area contributed by atoms with Gasteiger partial charge in [0, 0.05) is 45.3 Å². The van der Waals surface area contributed by atoms with Crippen molar-refractivity contribution in [1.82, 2.24) is 14.5 Å². The van der Waals surface area contributed by atoms with Gasteiger partial charge in [-0.05, 0) is 48.9 Å². The Morgan fingerprint density at radius 1 is 1.00 bits per heavy atom. The van der Waals surface area contributed by atoms with Crippen molar-refractivity contribution in [3.05, 3.63) is 100.0 Å². The standard InChI is InChI=1S/C28H23F2N3O3S/c1-3-36-25-10-9-21-27-18(14-31-28(21)32-25)6-11-26(34)33(27)15-22-23(29)12-20(13-24(22)30)37-16-17-4-7-19(35-2)8-5-17/h4-14H,3,15-16H2,1-2H3. The highest BCUT2D eigenvalue weighted by Crippen LogP contribution is 2.29. The minimum Gasteiger partial charge on any atom is -0.497 e. The van der Waals surface area contributed by atoms with E-state index in [9.17, 15) is 4.79 Å². The van der Waals surface area contributed by atoms with Gasteiger partial charge in [0.25, 0.3) is 5.56 Å². The van der Waals surface area contributed by atoms with E-state index in [1.54, 1.807) is 31.5 Å². The van der Waals surface area contributed by atoms with E-state index in [1.807, 2.05) is 31.2 Å². The summed E-state index contributed by atoms with van der Waals surface area (Å²) < 4.78 is 42.3. The Kier molecular flexibility index (Phi) is 7.05. The number of hydrogen-bond donors (Lipinski definition) is 0. The third-order valence-electron chi connectivity index (χ3n) is 5.93. The number of ether oxygens (including phenoxy) is 2. The van der Waals surface area contributed by atoms with Crippen LogP contribution in [0.1, 0.15) is 18.1 Å². The number of nitrogens with zero attached hydrogens (tertiary/aromatic N) is 3. The average Bonchev–Trinajstić information content (AvgIpc) is 2.90. The largest absolute Gasteiger partial charge is 0.497 e. The lowest BCUT2D eigenvalue weighted by atomic mass is 10.1. The van der Waals surface area contributed by atoms with Crippen LogP contribution in [0.3, 0.4) is 0 Å². The highest BCUT2D eigenvalue weighted by atomic mass is 32.2. The number of halogens is 2. The molecule has 0 atom stereocenters. The van der Waals surface area contributed by atoms with Gasteiger partial charge in [-0.25, -0.2) is 13.8 Å². The lowest BCUT2D eigenvalue weighted by Crippen LogP contribution is -2.21. The Morgan fingerprint density at radius 3 is 2.46 bits per heavy atom. The van der Waals surface area contributed by atoms with Gasteiger partial charge >= 0.3 is 0 Å². The summed E-state index contributed by atoms with van der Waals surface area (Å²) in [4.78, 5) is 22.1. The van der Waals surface area contributed by atoms with E-state index in [-0.39, 0.29) is 17.7 Å². The monoisotopic (exact) mass is 519 g/mol. The van der Waals surface area contributed by atoms with Crippen LogP contribution in [0, 0.1) is 11.6 Å². The van der Waals surface area contributed by atoms with Crippen LogP contribution in [0.4, 0.5) is 8.78 Å². The van der Waals surface area contributed by atoms with Crippen LogP contribution in [0.5, 0.6) is 11.6 Å². The fourth-order valence-corrected chi connectivity index (χ4v) is 4.99. The molecule has 0 saturated carbocycles. The number of pyridine rings is 3. The molecule has 188 valence electrons. The molecule has 0 N–H and O–H groups in total. The van der Waals surface area contributed by atoms with Gasteiger partial charge in [0.05, 0.1) is 25.8 Å². The summed E-state index contributed by atoms with van der Waals surface area (Å²) in [5.74, 6) is 0.271. The minimum atomic E-state index is -0.712. The number of benzene rings is 2. The predicted molar refractivity (Wildman–Crippen MR) is 140 cm³/mol. The third-order valence-corrected chi connectivity index (χ3v) is 6.98. The Hall–Kier alpha value is -3.98. The molecule has 5 rings (SSSR count). The van der Waals surface area contributed by atoms with Gasteiger partial charge in [-0.15, -0.1) is 11.8 Å². The number of methoxy groups -OCH3 is 1. The van der Waals surface area contributed by atoms with Gasteiger partial charge in [0.1, 0.15) is 17.4 Å². The van der Waals surface area contributed by atoms with Crippen LogP contribution >= 0.6 is 11.8 Å². The van der Waals surface area contributed by atoms with E-state index in [1.165, 1.54) is 34.5 Å². The fraction of sp³-hybridized carbons (Fsp3) is 0.179. The summed E-state index contributed by atoms with van der Waals surface area (Å²) >= 11 is 1.33. The van der Waals surface area contributed by atoms with Crippen molar-refractivity contribution in [3.8, 4) is 11.6 Å². The molecule has 0 aliphatic heterocycles. The Morgan fingerprint density at radius 2 is 1.76 bits per heavy atom. The first kappa shape index (κ1) is 24.7. The van der Waals surface area contributed by atoms with Crippen LogP contribution in [0.15, 0.2) is 76.6 Å². The molecule has 5 aromatic rings. The summed E-state index contributed by atoms with van der Waals surface area (Å²) in [6, 6.07) is 16.6. The molecule has 9 heteroatoms. The average molecular weight is 520 g/mol. The van der Waals surface area contributed by atoms with Crippen LogP contribution in [-0.4, -0.2) is 28.3 Å². The summed E-state index contributed by atoms with van der Waals surface area (Å²) in [6.45, 7) is 2.02. The van der Waals surface area contributed by atoms with E-state index in [0.29, 0.717) is 45.1 Å². The van der Waals surface area contributed by atoms with Crippen LogP contribution in [-0.2, 0) is 12.3 Å². The van der Waals surface area contributed by atoms with Gasteiger partial charge in [-0.1, -0.05) is 12.1 Å². The molecule has 37 heavy (non-hydrogen) atoms. The molecule has 3 heterocycles. The summed E-state index contributed by atoms with van der Waals surface area (Å²) in [5.41, 5.74) is 1.31. The molecule has 0 saturated heterocycles. The third kappa shape index (κ3) is 5.13. The van der Waals surface area contributed by atoms with Crippen molar-refractivity contribution in [1.29, 1.82) is 0 Å². The molecule has 0 radical (unpaired) electrons. The molecule has 0 spiro atoms. The Labute approximate surface area is 215 Å². The first-order valence-electron chi connectivity index (χ1n) is 11.6. The molecule has 0 amide bonds. The molecule has 0 unspecified atom stereocenters. The lowest BCUT2D eigenvalue weighted by molar-refractivity contribution is 0.328. The molecule has 0 bridgehead atoms. The first-order valence-corrected chi connectivity index (χ1v) is 12.6. The van der Waals surface area contributed by atoms with Crippen molar-refractivity contribution in [2.45, 2.75) is 24.1 Å². The second-order valence-electron chi connectivity index (χ2n) is 8.28. The van der Waals surface area contributed by atoms with E-state index in [4.69, 9.17) is 9.47 Å². The van der Waals surface area contributed by atoms with Crippen molar-refractivity contribution < 1.29 is 18.3 Å². The maximum Gasteiger partial charge on any atom is 0.251 e. The predicted octanol–water partition coefficient (Wildman–Crippen LogP) is 5.97. The van der Waals surface area contributed by atoms with Gasteiger partial charge in [0.15, 0.2) is 5.65 Å². The molecule has 0 aliphatic carbocycles. The first-order chi connectivity index (χ1) is 18.0. The highest BCUT2D eigenvalue weighted by Gasteiger charge is 2.16. The maximum atomic E-state index is 15.2. The van der Waals surface area contributed by atoms with E-state index >= 15 is 8.78 Å². The number of thioether (sulfide) groups is 1. The zero-order valence-electron chi connectivity index (χ0n) is 20.2. The van der Waals surface area contributed by atoms with E-state index in [0.717, 1.165) is 11.3 Å². The second-order valence-corrected chi connectivity index (χ2v) is 9.32. The number of hydrogen-bond acceptors (Lipinski definition) is 6. The van der Waals surface area contributed by atoms with Gasteiger partial charge in [0.2, 0.25) is 5.88 Å². The summed E-state index contributed by atoms with van der Waals surface area (Å²) in [7, 11) is 1.59. The SMILES string of the molecule is CCOc1ccc2c(ncc3ccc(=O)n(Cc4c(F)cc(SCc5ccc(OC)cc5)cc4F)c32)n1. The van der Waals surface area contributed by atoms with Gasteiger partial charge in [-0.3, -0.25) is 4.79 Å². The zero-order valence-corrected chi connectivity index (χ0v) is 21.0. The van der Waals surface area contributed by atoms with Crippen molar-refractivity contribution in [2.75, 3.05) is 13.7 Å². The van der Waals surface area contributed by atoms with E-state index < -0.39 is 11.6 Å². The van der Waals surface area contributed by atoms with Crippen LogP contribution < -0.4 is 15.0 Å². The van der Waals surface area contributed by atoms with Gasteiger partial charge in [-0.2, -0.15) is 4.98 Å². The topological polar surface area (TPSA) is 66.2 Å². The van der Waals surface area contributed by atoms with E-state index in [2.05, 4.69) is 9.97 Å². The normalized spacial score (nSPS) is 11.2. The van der Waals surface area contributed by atoms with Gasteiger partial charge < -0.3 is 14.0 Å². The van der Waals surface area contributed by atoms with Crippen molar-refractivity contribution in [3.63, 3.8) is 0 Å². The smallest absolute Gasteiger partial charge is 0.251 e. The molecule has 3 aromatic heterocycles. The second kappa shape index (κ2) is 10.6. The number of aromatic nitrogens is 3. The molecule has 6 nitrogen and oxygen atoms in total. The molecule has 2 aromatic carbocycles. The fourth-order valence-electron chi connectivity index (χ4n) is 4.09. The Balaban J connectivity index is 1.48. The number of rotatable bonds is 8. The minimum absolute atomic E-state index is 0.188. The quantitative estimate of drug-likeness (QED) is 0.186. The van der Waals surface area contributed by atoms with Crippen molar-refractivity contribution >= 4 is 33.7 Å². The molecular formula is C28H23F2N3O3S. The molecule has 0 fully saturated rings. The van der Waals surface area contributed by atoms with Crippen LogP contribution in [0.25, 0.3) is 21.9 Å². The molecule has 0 aliphatic rings. The highest BCUT2D eigenvalue weighted by molar-refractivity contribution is 7.98. The lowest BCUT2D eigenvalue weighted by Gasteiger charge is -2.14. The maximum absolute atomic E-state index is 15.2. The summed E-state index contributed by atoms with van der Waals surface area (Å²) in [5, 5.41) is 1.25. The Bertz CT molecular complexity index is 1630. The molecular weight excluding hydrogens is 496 g/mol. The number of fused-ring (bicyclic) bond motifs is 3. The van der Waals surface area contributed by atoms with Crippen LogP contribution in [0.2, 0.25) is 0 Å². The van der Waals surface area contributed by atoms with Crippen molar-refractivity contribution in [2.24, 2.45) is 0 Å².